The number of aliphatic hydroxyl groups is 1. The highest BCUT2D eigenvalue weighted by Crippen LogP contribution is 2.32. The van der Waals surface area contributed by atoms with Crippen molar-refractivity contribution in [1.29, 1.82) is 0 Å². The molecule has 0 saturated heterocycles. The average Bonchev–Trinajstić information content (AvgIpc) is 2.59. The van der Waals surface area contributed by atoms with Gasteiger partial charge in [-0.3, -0.25) is 4.90 Å². The van der Waals surface area contributed by atoms with Crippen molar-refractivity contribution in [2.45, 2.75) is 58.1 Å². The maximum absolute atomic E-state index is 10.8. The number of nitrogens with zero attached hydrogens (tertiary/aromatic N) is 1. The Labute approximate surface area is 117 Å². The zero-order valence-electron chi connectivity index (χ0n) is 12.3. The van der Waals surface area contributed by atoms with Gasteiger partial charge < -0.3 is 5.11 Å². The molecule has 2 atom stereocenters. The lowest BCUT2D eigenvalue weighted by molar-refractivity contribution is 0.0444. The second-order valence-electron chi connectivity index (χ2n) is 5.64. The molecule has 0 bridgehead atoms. The largest absolute Gasteiger partial charge is 0.387 e. The number of hydrogen-bond donors (Lipinski definition) is 1. The van der Waals surface area contributed by atoms with Crippen molar-refractivity contribution in [2.24, 2.45) is 0 Å². The number of rotatable bonds is 5. The predicted molar refractivity (Wildman–Crippen MR) is 80.3 cm³/mol. The molecule has 0 amide bonds. The van der Waals surface area contributed by atoms with Gasteiger partial charge in [-0.1, -0.05) is 38.1 Å². The Morgan fingerprint density at radius 1 is 1.16 bits per heavy atom. The molecule has 19 heavy (non-hydrogen) atoms. The molecule has 1 aromatic rings. The summed E-state index contributed by atoms with van der Waals surface area (Å²) in [5.41, 5.74) is 2.49. The topological polar surface area (TPSA) is 23.5 Å². The molecule has 0 spiro atoms. The monoisotopic (exact) mass is 261 g/mol. The van der Waals surface area contributed by atoms with E-state index in [1.165, 1.54) is 12.0 Å². The lowest BCUT2D eigenvalue weighted by Gasteiger charge is -2.34. The van der Waals surface area contributed by atoms with Crippen molar-refractivity contribution >= 4 is 0 Å². The molecule has 2 nitrogen and oxygen atoms in total. The highest BCUT2D eigenvalue weighted by molar-refractivity contribution is 5.31. The van der Waals surface area contributed by atoms with E-state index in [1.807, 2.05) is 0 Å². The normalized spacial score (nSPS) is 23.2. The van der Waals surface area contributed by atoms with E-state index < -0.39 is 0 Å². The first kappa shape index (κ1) is 14.5. The first-order valence-corrected chi connectivity index (χ1v) is 7.77. The molecule has 0 aliphatic heterocycles. The van der Waals surface area contributed by atoms with Crippen LogP contribution in [-0.2, 0) is 6.42 Å². The molecule has 1 aliphatic carbocycles. The number of aryl methyl sites for hydroxylation is 1. The Hall–Kier alpha value is -0.860. The van der Waals surface area contributed by atoms with Crippen LogP contribution in [0.25, 0.3) is 0 Å². The van der Waals surface area contributed by atoms with Gasteiger partial charge in [0.15, 0.2) is 0 Å². The van der Waals surface area contributed by atoms with Gasteiger partial charge in [0, 0.05) is 6.04 Å². The standard InChI is InChI=1S/C17H27NO/c1-3-12-18(13-4-2)16-11-7-9-14-8-5-6-10-15(14)17(16)19/h5-6,8,10,16-17,19H,3-4,7,9,11-13H2,1-2H3. The quantitative estimate of drug-likeness (QED) is 0.819. The smallest absolute Gasteiger partial charge is 0.0947 e. The third-order valence-corrected chi connectivity index (χ3v) is 4.17. The Kier molecular flexibility index (Phi) is 5.41. The lowest BCUT2D eigenvalue weighted by Crippen LogP contribution is -2.40. The van der Waals surface area contributed by atoms with Gasteiger partial charge in [0.2, 0.25) is 0 Å². The van der Waals surface area contributed by atoms with Crippen LogP contribution in [0.1, 0.15) is 56.8 Å². The molecule has 1 aromatic carbocycles. The Balaban J connectivity index is 2.21. The van der Waals surface area contributed by atoms with Gasteiger partial charge in [-0.05, 0) is 56.3 Å². The van der Waals surface area contributed by atoms with E-state index in [0.29, 0.717) is 6.04 Å². The second-order valence-corrected chi connectivity index (χ2v) is 5.64. The van der Waals surface area contributed by atoms with Gasteiger partial charge >= 0.3 is 0 Å². The van der Waals surface area contributed by atoms with Gasteiger partial charge in [-0.15, -0.1) is 0 Å². The maximum Gasteiger partial charge on any atom is 0.0947 e. The second kappa shape index (κ2) is 7.06. The summed E-state index contributed by atoms with van der Waals surface area (Å²) in [7, 11) is 0. The summed E-state index contributed by atoms with van der Waals surface area (Å²) in [6, 6.07) is 8.71. The van der Waals surface area contributed by atoms with Crippen LogP contribution >= 0.6 is 0 Å². The minimum atomic E-state index is -0.322. The Morgan fingerprint density at radius 2 is 1.84 bits per heavy atom. The molecule has 2 heteroatoms. The van der Waals surface area contributed by atoms with Gasteiger partial charge in [-0.25, -0.2) is 0 Å². The van der Waals surface area contributed by atoms with Crippen molar-refractivity contribution in [3.05, 3.63) is 35.4 Å². The first-order valence-electron chi connectivity index (χ1n) is 7.77. The molecule has 2 rings (SSSR count). The van der Waals surface area contributed by atoms with Gasteiger partial charge in [0.25, 0.3) is 0 Å². The number of benzene rings is 1. The summed E-state index contributed by atoms with van der Waals surface area (Å²) in [6.45, 7) is 6.63. The number of hydrogen-bond acceptors (Lipinski definition) is 2. The third-order valence-electron chi connectivity index (χ3n) is 4.17. The van der Waals surface area contributed by atoms with E-state index in [9.17, 15) is 5.11 Å². The lowest BCUT2D eigenvalue weighted by atomic mass is 9.97. The molecule has 0 aromatic heterocycles. The van der Waals surface area contributed by atoms with Gasteiger partial charge in [-0.2, -0.15) is 0 Å². The fourth-order valence-corrected chi connectivity index (χ4v) is 3.32. The Bertz CT molecular complexity index is 385. The fraction of sp³-hybridized carbons (Fsp3) is 0.647. The molecular weight excluding hydrogens is 234 g/mol. The van der Waals surface area contributed by atoms with E-state index in [1.54, 1.807) is 0 Å². The highest BCUT2D eigenvalue weighted by Gasteiger charge is 2.29. The minimum Gasteiger partial charge on any atom is -0.387 e. The van der Waals surface area contributed by atoms with Crippen LogP contribution in [0, 0.1) is 0 Å². The number of aliphatic hydroxyl groups excluding tert-OH is 1. The number of fused-ring (bicyclic) bond motifs is 1. The van der Waals surface area contributed by atoms with Crippen LogP contribution < -0.4 is 0 Å². The fourth-order valence-electron chi connectivity index (χ4n) is 3.32. The molecular formula is C17H27NO. The van der Waals surface area contributed by atoms with Crippen LogP contribution in [0.3, 0.4) is 0 Å². The van der Waals surface area contributed by atoms with Gasteiger partial charge in [0.05, 0.1) is 6.10 Å². The maximum atomic E-state index is 10.8. The van der Waals surface area contributed by atoms with E-state index in [-0.39, 0.29) is 6.10 Å². The van der Waals surface area contributed by atoms with Crippen molar-refractivity contribution in [3.63, 3.8) is 0 Å². The van der Waals surface area contributed by atoms with E-state index in [2.05, 4.69) is 43.0 Å². The van der Waals surface area contributed by atoms with Crippen LogP contribution in [0.15, 0.2) is 24.3 Å². The van der Waals surface area contributed by atoms with Crippen LogP contribution in [0.5, 0.6) is 0 Å². The summed E-state index contributed by atoms with van der Waals surface area (Å²) in [5, 5.41) is 10.8. The summed E-state index contributed by atoms with van der Waals surface area (Å²) in [6.07, 6.45) is 5.39. The van der Waals surface area contributed by atoms with Crippen molar-refractivity contribution in [1.82, 2.24) is 4.90 Å². The molecule has 106 valence electrons. The molecule has 0 radical (unpaired) electrons. The molecule has 0 saturated carbocycles. The highest BCUT2D eigenvalue weighted by atomic mass is 16.3. The third kappa shape index (κ3) is 3.37. The van der Waals surface area contributed by atoms with Crippen LogP contribution in [-0.4, -0.2) is 29.1 Å². The predicted octanol–water partition coefficient (Wildman–Crippen LogP) is 3.55. The summed E-state index contributed by atoms with van der Waals surface area (Å²) in [5.74, 6) is 0. The summed E-state index contributed by atoms with van der Waals surface area (Å²) >= 11 is 0. The summed E-state index contributed by atoms with van der Waals surface area (Å²) in [4.78, 5) is 2.49. The summed E-state index contributed by atoms with van der Waals surface area (Å²) < 4.78 is 0. The van der Waals surface area contributed by atoms with Crippen molar-refractivity contribution < 1.29 is 5.11 Å². The zero-order chi connectivity index (χ0) is 13.7. The molecule has 1 aliphatic rings. The van der Waals surface area contributed by atoms with Crippen molar-refractivity contribution in [3.8, 4) is 0 Å². The zero-order valence-corrected chi connectivity index (χ0v) is 12.3. The molecule has 0 heterocycles. The molecule has 2 unspecified atom stereocenters. The van der Waals surface area contributed by atoms with Crippen LogP contribution in [0.4, 0.5) is 0 Å². The van der Waals surface area contributed by atoms with E-state index in [4.69, 9.17) is 0 Å². The minimum absolute atomic E-state index is 0.295. The van der Waals surface area contributed by atoms with E-state index >= 15 is 0 Å². The average molecular weight is 261 g/mol. The van der Waals surface area contributed by atoms with E-state index in [0.717, 1.165) is 44.3 Å². The Morgan fingerprint density at radius 3 is 2.53 bits per heavy atom. The SMILES string of the molecule is CCCN(CCC)C1CCCc2ccccc2C1O. The van der Waals surface area contributed by atoms with Gasteiger partial charge in [0.1, 0.15) is 0 Å². The first-order chi connectivity index (χ1) is 9.27. The van der Waals surface area contributed by atoms with Crippen molar-refractivity contribution in [2.75, 3.05) is 13.1 Å². The molecule has 1 N–H and O–H groups in total. The van der Waals surface area contributed by atoms with Crippen LogP contribution in [0.2, 0.25) is 0 Å². The molecule has 0 fully saturated rings.